The fourth-order valence-corrected chi connectivity index (χ4v) is 3.21. The Balaban J connectivity index is 1.64. The highest BCUT2D eigenvalue weighted by Crippen LogP contribution is 2.23. The van der Waals surface area contributed by atoms with E-state index in [1.165, 1.54) is 12.8 Å². The van der Waals surface area contributed by atoms with Gasteiger partial charge in [0.05, 0.1) is 6.54 Å². The lowest BCUT2D eigenvalue weighted by molar-refractivity contribution is -0.123. The van der Waals surface area contributed by atoms with E-state index >= 15 is 0 Å². The summed E-state index contributed by atoms with van der Waals surface area (Å²) in [5, 5.41) is 12.3. The van der Waals surface area contributed by atoms with E-state index < -0.39 is 0 Å². The molecule has 1 heterocycles. The number of rotatable bonds is 4. The molecule has 0 radical (unpaired) electrons. The molecule has 0 spiro atoms. The van der Waals surface area contributed by atoms with Gasteiger partial charge >= 0.3 is 0 Å². The Morgan fingerprint density at radius 3 is 2.37 bits per heavy atom. The summed E-state index contributed by atoms with van der Waals surface area (Å²) in [7, 11) is 0. The summed E-state index contributed by atoms with van der Waals surface area (Å²) in [5.41, 5.74) is 0. The molecule has 2 N–H and O–H groups in total. The lowest BCUT2D eigenvalue weighted by atomic mass is 9.87. The molecule has 1 saturated carbocycles. The van der Waals surface area contributed by atoms with Gasteiger partial charge in [0.15, 0.2) is 0 Å². The Kier molecular flexibility index (Phi) is 5.64. The van der Waals surface area contributed by atoms with Crippen molar-refractivity contribution < 1.29 is 9.90 Å². The lowest BCUT2D eigenvalue weighted by Crippen LogP contribution is -2.45. The molecular formula is C15H28N2O2. The van der Waals surface area contributed by atoms with Crippen LogP contribution in [0.5, 0.6) is 0 Å². The van der Waals surface area contributed by atoms with Crippen LogP contribution in [-0.2, 0) is 4.79 Å². The maximum Gasteiger partial charge on any atom is 0.234 e. The summed E-state index contributed by atoms with van der Waals surface area (Å²) < 4.78 is 0. The van der Waals surface area contributed by atoms with E-state index in [9.17, 15) is 4.79 Å². The van der Waals surface area contributed by atoms with Crippen LogP contribution < -0.4 is 5.32 Å². The van der Waals surface area contributed by atoms with E-state index in [-0.39, 0.29) is 5.91 Å². The zero-order valence-corrected chi connectivity index (χ0v) is 12.1. The molecule has 2 fully saturated rings. The summed E-state index contributed by atoms with van der Waals surface area (Å²) >= 11 is 0. The Hall–Kier alpha value is -0.610. The van der Waals surface area contributed by atoms with Crippen LogP contribution in [0.15, 0.2) is 0 Å². The average Bonchev–Trinajstić information content (AvgIpc) is 2.42. The molecule has 19 heavy (non-hydrogen) atoms. The minimum Gasteiger partial charge on any atom is -0.396 e. The molecule has 1 saturated heterocycles. The van der Waals surface area contributed by atoms with Crippen LogP contribution in [0.4, 0.5) is 0 Å². The monoisotopic (exact) mass is 268 g/mol. The van der Waals surface area contributed by atoms with Crippen LogP contribution in [0, 0.1) is 11.8 Å². The number of nitrogens with zero attached hydrogens (tertiary/aromatic N) is 1. The Bertz CT molecular complexity index is 280. The molecule has 0 aromatic heterocycles. The predicted molar refractivity (Wildman–Crippen MR) is 75.8 cm³/mol. The van der Waals surface area contributed by atoms with E-state index in [4.69, 9.17) is 5.11 Å². The second-order valence-corrected chi connectivity index (χ2v) is 6.43. The van der Waals surface area contributed by atoms with Gasteiger partial charge in [0.25, 0.3) is 0 Å². The minimum atomic E-state index is 0.182. The van der Waals surface area contributed by atoms with Crippen LogP contribution in [0.2, 0.25) is 0 Å². The van der Waals surface area contributed by atoms with Crippen molar-refractivity contribution in [3.8, 4) is 0 Å². The number of carbonyl (C=O) groups excluding carboxylic acids is 1. The zero-order chi connectivity index (χ0) is 13.7. The molecule has 1 amide bonds. The van der Waals surface area contributed by atoms with Crippen molar-refractivity contribution in [3.63, 3.8) is 0 Å². The van der Waals surface area contributed by atoms with Crippen molar-refractivity contribution >= 4 is 5.91 Å². The van der Waals surface area contributed by atoms with Crippen molar-refractivity contribution in [1.82, 2.24) is 10.2 Å². The number of hydrogen-bond acceptors (Lipinski definition) is 3. The van der Waals surface area contributed by atoms with E-state index in [1.807, 2.05) is 0 Å². The topological polar surface area (TPSA) is 52.6 Å². The SMILES string of the molecule is CC1CCC(NC(=O)CN2CCC(CO)CC2)CC1. The number of hydrogen-bond donors (Lipinski definition) is 2. The standard InChI is InChI=1S/C15H28N2O2/c1-12-2-4-14(5-3-12)16-15(19)10-17-8-6-13(11-18)7-9-17/h12-14,18H,2-11H2,1H3,(H,16,19). The van der Waals surface area contributed by atoms with E-state index in [0.717, 1.165) is 44.7 Å². The summed E-state index contributed by atoms with van der Waals surface area (Å²) in [6.45, 7) is 5.01. The number of likely N-dealkylation sites (tertiary alicyclic amines) is 1. The summed E-state index contributed by atoms with van der Waals surface area (Å²) in [6.07, 6.45) is 6.80. The normalized spacial score (nSPS) is 30.2. The second-order valence-electron chi connectivity index (χ2n) is 6.43. The Morgan fingerprint density at radius 2 is 1.79 bits per heavy atom. The molecule has 0 unspecified atom stereocenters. The fraction of sp³-hybridized carbons (Fsp3) is 0.933. The first-order chi connectivity index (χ1) is 9.17. The average molecular weight is 268 g/mol. The van der Waals surface area contributed by atoms with Gasteiger partial charge in [-0.1, -0.05) is 6.92 Å². The molecule has 0 aromatic carbocycles. The molecule has 0 atom stereocenters. The maximum atomic E-state index is 12.0. The predicted octanol–water partition coefficient (Wildman–Crippen LogP) is 1.39. The van der Waals surface area contributed by atoms with Crippen molar-refractivity contribution in [2.75, 3.05) is 26.2 Å². The van der Waals surface area contributed by atoms with Gasteiger partial charge < -0.3 is 10.4 Å². The van der Waals surface area contributed by atoms with Gasteiger partial charge in [-0.3, -0.25) is 9.69 Å². The van der Waals surface area contributed by atoms with Crippen molar-refractivity contribution in [3.05, 3.63) is 0 Å². The molecule has 4 heteroatoms. The van der Waals surface area contributed by atoms with Crippen LogP contribution in [0.1, 0.15) is 45.4 Å². The van der Waals surface area contributed by atoms with Crippen molar-refractivity contribution in [2.24, 2.45) is 11.8 Å². The first-order valence-corrected chi connectivity index (χ1v) is 7.80. The third-order valence-corrected chi connectivity index (χ3v) is 4.71. The number of piperidine rings is 1. The van der Waals surface area contributed by atoms with Crippen LogP contribution in [0.3, 0.4) is 0 Å². The quantitative estimate of drug-likeness (QED) is 0.810. The van der Waals surface area contributed by atoms with E-state index in [1.54, 1.807) is 0 Å². The summed E-state index contributed by atoms with van der Waals surface area (Å²) in [6, 6.07) is 0.402. The highest BCUT2D eigenvalue weighted by molar-refractivity contribution is 5.78. The number of amides is 1. The van der Waals surface area contributed by atoms with E-state index in [2.05, 4.69) is 17.1 Å². The Morgan fingerprint density at radius 1 is 1.16 bits per heavy atom. The van der Waals surface area contributed by atoms with Gasteiger partial charge in [-0.2, -0.15) is 0 Å². The maximum absolute atomic E-state index is 12.0. The van der Waals surface area contributed by atoms with Gasteiger partial charge in [-0.15, -0.1) is 0 Å². The molecule has 2 rings (SSSR count). The highest BCUT2D eigenvalue weighted by atomic mass is 16.3. The smallest absolute Gasteiger partial charge is 0.234 e. The number of carbonyl (C=O) groups is 1. The van der Waals surface area contributed by atoms with Gasteiger partial charge in [0, 0.05) is 12.6 Å². The molecule has 0 aromatic rings. The highest BCUT2D eigenvalue weighted by Gasteiger charge is 2.23. The molecule has 1 aliphatic heterocycles. The molecule has 1 aliphatic carbocycles. The van der Waals surface area contributed by atoms with E-state index in [0.29, 0.717) is 25.1 Å². The number of aliphatic hydroxyl groups excluding tert-OH is 1. The summed E-state index contributed by atoms with van der Waals surface area (Å²) in [5.74, 6) is 1.45. The van der Waals surface area contributed by atoms with Crippen molar-refractivity contribution in [2.45, 2.75) is 51.5 Å². The molecule has 0 bridgehead atoms. The van der Waals surface area contributed by atoms with Crippen LogP contribution in [-0.4, -0.2) is 48.2 Å². The minimum absolute atomic E-state index is 0.182. The lowest BCUT2D eigenvalue weighted by Gasteiger charge is -2.32. The molecule has 4 nitrogen and oxygen atoms in total. The zero-order valence-electron chi connectivity index (χ0n) is 12.1. The Labute approximate surface area is 116 Å². The third kappa shape index (κ3) is 4.77. The second kappa shape index (κ2) is 7.25. The summed E-state index contributed by atoms with van der Waals surface area (Å²) in [4.78, 5) is 14.2. The molecule has 2 aliphatic rings. The molecule has 110 valence electrons. The first kappa shape index (κ1) is 14.8. The van der Waals surface area contributed by atoms with Gasteiger partial charge in [0.1, 0.15) is 0 Å². The van der Waals surface area contributed by atoms with Crippen LogP contribution >= 0.6 is 0 Å². The van der Waals surface area contributed by atoms with Crippen molar-refractivity contribution in [1.29, 1.82) is 0 Å². The fourth-order valence-electron chi connectivity index (χ4n) is 3.21. The molecular weight excluding hydrogens is 240 g/mol. The first-order valence-electron chi connectivity index (χ1n) is 7.80. The van der Waals surface area contributed by atoms with Gasteiger partial charge in [0.2, 0.25) is 5.91 Å². The van der Waals surface area contributed by atoms with Gasteiger partial charge in [-0.25, -0.2) is 0 Å². The third-order valence-electron chi connectivity index (χ3n) is 4.71. The van der Waals surface area contributed by atoms with Gasteiger partial charge in [-0.05, 0) is 63.5 Å². The largest absolute Gasteiger partial charge is 0.396 e. The number of nitrogens with one attached hydrogen (secondary N) is 1. The number of aliphatic hydroxyl groups is 1. The van der Waals surface area contributed by atoms with Crippen LogP contribution in [0.25, 0.3) is 0 Å².